The number of imidazole rings is 1. The molecule has 1 atom stereocenters. The molecule has 92 valence electrons. The van der Waals surface area contributed by atoms with Gasteiger partial charge in [0.15, 0.2) is 0 Å². The van der Waals surface area contributed by atoms with Crippen LogP contribution in [0.25, 0.3) is 0 Å². The molecular formula is C10H16F3N3. The summed E-state index contributed by atoms with van der Waals surface area (Å²) in [5.74, 6) is 0.549. The van der Waals surface area contributed by atoms with Crippen LogP contribution in [0.3, 0.4) is 0 Å². The highest BCUT2D eigenvalue weighted by Crippen LogP contribution is 2.29. The van der Waals surface area contributed by atoms with Gasteiger partial charge in [-0.1, -0.05) is 13.8 Å². The molecule has 0 saturated carbocycles. The van der Waals surface area contributed by atoms with Crippen LogP contribution in [-0.2, 0) is 6.18 Å². The Morgan fingerprint density at radius 1 is 1.44 bits per heavy atom. The van der Waals surface area contributed by atoms with E-state index in [-0.39, 0.29) is 5.92 Å². The normalized spacial score (nSPS) is 14.4. The molecule has 1 aromatic heterocycles. The van der Waals surface area contributed by atoms with Crippen molar-refractivity contribution in [2.45, 2.75) is 32.4 Å². The molecule has 0 aliphatic heterocycles. The van der Waals surface area contributed by atoms with Gasteiger partial charge in [0.1, 0.15) is 11.5 Å². The van der Waals surface area contributed by atoms with Crippen LogP contribution in [0, 0.1) is 5.92 Å². The first kappa shape index (κ1) is 13.0. The van der Waals surface area contributed by atoms with Crippen LogP contribution in [0.2, 0.25) is 0 Å². The quantitative estimate of drug-likeness (QED) is 0.842. The summed E-state index contributed by atoms with van der Waals surface area (Å²) in [5, 5.41) is 0. The van der Waals surface area contributed by atoms with Gasteiger partial charge in [-0.25, -0.2) is 4.98 Å². The summed E-state index contributed by atoms with van der Waals surface area (Å²) >= 11 is 0. The largest absolute Gasteiger partial charge is 0.432 e. The van der Waals surface area contributed by atoms with E-state index in [0.717, 1.165) is 12.6 Å². The second-order valence-electron chi connectivity index (χ2n) is 4.24. The summed E-state index contributed by atoms with van der Waals surface area (Å²) in [5.41, 5.74) is 4.72. The van der Waals surface area contributed by atoms with Crippen molar-refractivity contribution in [3.05, 3.63) is 17.7 Å². The molecule has 0 aliphatic carbocycles. The van der Waals surface area contributed by atoms with Crippen molar-refractivity contribution in [1.82, 2.24) is 9.97 Å². The molecule has 3 N–H and O–H groups in total. The van der Waals surface area contributed by atoms with Gasteiger partial charge in [0.25, 0.3) is 0 Å². The van der Waals surface area contributed by atoms with Crippen LogP contribution in [0.5, 0.6) is 0 Å². The lowest BCUT2D eigenvalue weighted by atomic mass is 9.97. The minimum absolute atomic E-state index is 0.143. The Balaban J connectivity index is 2.83. The molecule has 0 bridgehead atoms. The van der Waals surface area contributed by atoms with E-state index in [1.807, 2.05) is 13.8 Å². The van der Waals surface area contributed by atoms with Gasteiger partial charge < -0.3 is 10.7 Å². The molecule has 1 rings (SSSR count). The number of hydrogen-bond acceptors (Lipinski definition) is 2. The van der Waals surface area contributed by atoms with Gasteiger partial charge in [-0.3, -0.25) is 0 Å². The van der Waals surface area contributed by atoms with E-state index < -0.39 is 11.9 Å². The summed E-state index contributed by atoms with van der Waals surface area (Å²) in [4.78, 5) is 6.04. The number of rotatable bonds is 4. The van der Waals surface area contributed by atoms with Gasteiger partial charge in [-0.2, -0.15) is 13.2 Å². The van der Waals surface area contributed by atoms with Crippen LogP contribution in [-0.4, -0.2) is 16.5 Å². The van der Waals surface area contributed by atoms with Crippen LogP contribution in [0.15, 0.2) is 6.20 Å². The number of hydrogen-bond donors (Lipinski definition) is 2. The third-order valence-corrected chi connectivity index (χ3v) is 2.33. The van der Waals surface area contributed by atoms with Crippen LogP contribution in [0.4, 0.5) is 13.2 Å². The molecule has 3 nitrogen and oxygen atoms in total. The van der Waals surface area contributed by atoms with E-state index in [0.29, 0.717) is 18.3 Å². The molecule has 1 aromatic rings. The summed E-state index contributed by atoms with van der Waals surface area (Å²) in [6.45, 7) is 4.29. The fourth-order valence-corrected chi connectivity index (χ4v) is 1.58. The van der Waals surface area contributed by atoms with Crippen molar-refractivity contribution >= 4 is 0 Å². The first-order valence-corrected chi connectivity index (χ1v) is 5.16. The number of alkyl halides is 3. The number of nitrogens with one attached hydrogen (secondary N) is 1. The van der Waals surface area contributed by atoms with Crippen molar-refractivity contribution in [2.24, 2.45) is 11.7 Å². The highest BCUT2D eigenvalue weighted by molar-refractivity contribution is 5.09. The summed E-state index contributed by atoms with van der Waals surface area (Å²) < 4.78 is 37.0. The number of H-pyrrole nitrogens is 1. The second-order valence-corrected chi connectivity index (χ2v) is 4.24. The van der Waals surface area contributed by atoms with Gasteiger partial charge >= 0.3 is 6.18 Å². The zero-order valence-corrected chi connectivity index (χ0v) is 9.30. The first-order valence-electron chi connectivity index (χ1n) is 5.16. The molecule has 6 heteroatoms. The molecule has 0 radical (unpaired) electrons. The van der Waals surface area contributed by atoms with Crippen molar-refractivity contribution in [3.8, 4) is 0 Å². The maximum absolute atomic E-state index is 12.3. The second kappa shape index (κ2) is 4.86. The Bertz CT molecular complexity index is 330. The fraction of sp³-hybridized carbons (Fsp3) is 0.700. The molecule has 0 aliphatic rings. The van der Waals surface area contributed by atoms with Gasteiger partial charge in [-0.05, 0) is 12.3 Å². The van der Waals surface area contributed by atoms with E-state index in [1.54, 1.807) is 0 Å². The molecule has 16 heavy (non-hydrogen) atoms. The third kappa shape index (κ3) is 3.23. The zero-order valence-electron chi connectivity index (χ0n) is 9.30. The van der Waals surface area contributed by atoms with E-state index in [1.165, 1.54) is 0 Å². The smallest absolute Gasteiger partial charge is 0.338 e. The van der Waals surface area contributed by atoms with E-state index in [2.05, 4.69) is 9.97 Å². The molecule has 0 fully saturated rings. The number of aromatic nitrogens is 2. The van der Waals surface area contributed by atoms with Crippen LogP contribution < -0.4 is 5.73 Å². The van der Waals surface area contributed by atoms with Gasteiger partial charge in [0.2, 0.25) is 0 Å². The highest BCUT2D eigenvalue weighted by Gasteiger charge is 2.33. The molecule has 0 saturated heterocycles. The Morgan fingerprint density at radius 3 is 2.44 bits per heavy atom. The molecule has 0 aromatic carbocycles. The minimum atomic E-state index is -4.37. The predicted molar refractivity (Wildman–Crippen MR) is 54.8 cm³/mol. The van der Waals surface area contributed by atoms with Crippen LogP contribution >= 0.6 is 0 Å². The first-order chi connectivity index (χ1) is 7.34. The average molecular weight is 235 g/mol. The van der Waals surface area contributed by atoms with E-state index in [4.69, 9.17) is 5.73 Å². The van der Waals surface area contributed by atoms with Crippen molar-refractivity contribution < 1.29 is 13.2 Å². The van der Waals surface area contributed by atoms with Crippen LogP contribution in [0.1, 0.15) is 37.7 Å². The molecule has 1 heterocycles. The molecule has 0 amide bonds. The highest BCUT2D eigenvalue weighted by atomic mass is 19.4. The number of nitrogens with two attached hydrogens (primary N) is 1. The lowest BCUT2D eigenvalue weighted by molar-refractivity contribution is -0.140. The maximum atomic E-state index is 12.3. The van der Waals surface area contributed by atoms with E-state index in [9.17, 15) is 13.2 Å². The zero-order chi connectivity index (χ0) is 12.3. The molecular weight excluding hydrogens is 219 g/mol. The monoisotopic (exact) mass is 235 g/mol. The fourth-order valence-electron chi connectivity index (χ4n) is 1.58. The summed E-state index contributed by atoms with van der Waals surface area (Å²) in [7, 11) is 0. The van der Waals surface area contributed by atoms with Crippen molar-refractivity contribution in [2.75, 3.05) is 6.54 Å². The third-order valence-electron chi connectivity index (χ3n) is 2.33. The Labute approximate surface area is 92.3 Å². The Morgan fingerprint density at radius 2 is 2.06 bits per heavy atom. The standard InChI is InChI=1S/C10H16F3N3/c1-6(2)3-7(4-14)9-15-5-8(16-9)10(11,12)13/h5-7H,3-4,14H2,1-2H3,(H,15,16). The average Bonchev–Trinajstić information content (AvgIpc) is 2.61. The number of aromatic amines is 1. The SMILES string of the molecule is CC(C)CC(CN)c1ncc(C(F)(F)F)[nH]1. The predicted octanol–water partition coefficient (Wildman–Crippen LogP) is 2.52. The van der Waals surface area contributed by atoms with Crippen molar-refractivity contribution in [1.29, 1.82) is 0 Å². The van der Waals surface area contributed by atoms with Crippen molar-refractivity contribution in [3.63, 3.8) is 0 Å². The Hall–Kier alpha value is -1.04. The number of halogens is 3. The summed E-state index contributed by atoms with van der Waals surface area (Å²) in [6.07, 6.45) is -2.83. The lowest BCUT2D eigenvalue weighted by Gasteiger charge is -2.14. The Kier molecular flexibility index (Phi) is 3.96. The van der Waals surface area contributed by atoms with Gasteiger partial charge in [0, 0.05) is 12.5 Å². The van der Waals surface area contributed by atoms with E-state index >= 15 is 0 Å². The van der Waals surface area contributed by atoms with Gasteiger partial charge in [0.05, 0.1) is 6.20 Å². The summed E-state index contributed by atoms with van der Waals surface area (Å²) in [6, 6.07) is 0. The maximum Gasteiger partial charge on any atom is 0.432 e. The molecule has 1 unspecified atom stereocenters. The molecule has 0 spiro atoms. The van der Waals surface area contributed by atoms with Gasteiger partial charge in [-0.15, -0.1) is 0 Å². The minimum Gasteiger partial charge on any atom is -0.338 e. The lowest BCUT2D eigenvalue weighted by Crippen LogP contribution is -2.16. The topological polar surface area (TPSA) is 54.7 Å². The number of nitrogens with zero attached hydrogens (tertiary/aromatic N) is 1.